The maximum atomic E-state index is 12.3. The molecule has 136 valence electrons. The molecule has 0 saturated heterocycles. The van der Waals surface area contributed by atoms with Crippen molar-refractivity contribution in [3.63, 3.8) is 0 Å². The summed E-state index contributed by atoms with van der Waals surface area (Å²) in [5.74, 6) is -1.08. The number of H-pyrrole nitrogens is 1. The number of aromatic nitrogens is 1. The number of carbonyl (C=O) groups excluding carboxylic acids is 2. The Kier molecular flexibility index (Phi) is 4.18. The molecule has 2 amide bonds. The molecule has 0 fully saturated rings. The number of carbonyl (C=O) groups is 2. The van der Waals surface area contributed by atoms with E-state index in [0.29, 0.717) is 28.2 Å². The Labute approximate surface area is 148 Å². The Hall–Kier alpha value is -2.95. The van der Waals surface area contributed by atoms with Gasteiger partial charge in [0, 0.05) is 22.6 Å². The van der Waals surface area contributed by atoms with Crippen LogP contribution < -0.4 is 15.9 Å². The second-order valence-electron chi connectivity index (χ2n) is 5.87. The van der Waals surface area contributed by atoms with Crippen LogP contribution >= 0.6 is 0 Å². The quantitative estimate of drug-likeness (QED) is 0.306. The van der Waals surface area contributed by atoms with Crippen LogP contribution in [-0.2, 0) is 14.8 Å². The van der Waals surface area contributed by atoms with Crippen molar-refractivity contribution >= 4 is 39.2 Å². The Morgan fingerprint density at radius 2 is 2.00 bits per heavy atom. The number of primary sulfonamides is 1. The molecule has 0 unspecified atom stereocenters. The van der Waals surface area contributed by atoms with Gasteiger partial charge in [0.1, 0.15) is 0 Å². The Bertz CT molecular complexity index is 1080. The van der Waals surface area contributed by atoms with E-state index in [9.17, 15) is 18.0 Å². The first-order valence-corrected chi connectivity index (χ1v) is 9.02. The monoisotopic (exact) mass is 376 g/mol. The van der Waals surface area contributed by atoms with Crippen LogP contribution in [0, 0.1) is 13.8 Å². The minimum atomic E-state index is -3.92. The maximum Gasteiger partial charge on any atom is 0.276 e. The standard InChI is InChI=1S/C16H16N4O5S/c1-7-13(18-8(2)14(7)16(22)20-23)6-11-10-5-9(26(17,24)25)3-4-12(10)19-15(11)21/h3-6,18,23H,1-2H3,(H,19,21)(H,20,22)(H2,17,24,25)/b11-6+. The summed E-state index contributed by atoms with van der Waals surface area (Å²) in [5, 5.41) is 16.6. The van der Waals surface area contributed by atoms with Gasteiger partial charge in [0.2, 0.25) is 10.0 Å². The minimum Gasteiger partial charge on any atom is -0.358 e. The molecule has 0 atom stereocenters. The molecule has 0 aliphatic carbocycles. The Morgan fingerprint density at radius 3 is 2.62 bits per heavy atom. The summed E-state index contributed by atoms with van der Waals surface area (Å²) in [6.07, 6.45) is 1.52. The number of hydrogen-bond acceptors (Lipinski definition) is 5. The van der Waals surface area contributed by atoms with Crippen molar-refractivity contribution in [2.75, 3.05) is 5.32 Å². The third-order valence-corrected chi connectivity index (χ3v) is 5.11. The summed E-state index contributed by atoms with van der Waals surface area (Å²) in [5.41, 5.74) is 4.45. The van der Waals surface area contributed by atoms with Crippen molar-refractivity contribution in [2.45, 2.75) is 18.7 Å². The van der Waals surface area contributed by atoms with Crippen LogP contribution in [0.3, 0.4) is 0 Å². The fraction of sp³-hybridized carbons (Fsp3) is 0.125. The van der Waals surface area contributed by atoms with Gasteiger partial charge < -0.3 is 10.3 Å². The lowest BCUT2D eigenvalue weighted by atomic mass is 10.0. The van der Waals surface area contributed by atoms with E-state index in [2.05, 4.69) is 10.3 Å². The summed E-state index contributed by atoms with van der Waals surface area (Å²) in [6, 6.07) is 4.09. The highest BCUT2D eigenvalue weighted by Gasteiger charge is 2.27. The summed E-state index contributed by atoms with van der Waals surface area (Å²) in [7, 11) is -3.92. The number of hydroxylamine groups is 1. The van der Waals surface area contributed by atoms with Crippen LogP contribution in [-0.4, -0.2) is 30.4 Å². The molecular weight excluding hydrogens is 360 g/mol. The van der Waals surface area contributed by atoms with Crippen LogP contribution in [0.15, 0.2) is 23.1 Å². The fourth-order valence-electron chi connectivity index (χ4n) is 2.95. The van der Waals surface area contributed by atoms with Gasteiger partial charge in [-0.05, 0) is 43.7 Å². The number of rotatable bonds is 3. The predicted octanol–water partition coefficient (Wildman–Crippen LogP) is 0.891. The van der Waals surface area contributed by atoms with Gasteiger partial charge >= 0.3 is 0 Å². The number of fused-ring (bicyclic) bond motifs is 1. The molecule has 1 aliphatic rings. The van der Waals surface area contributed by atoms with Crippen LogP contribution in [0.4, 0.5) is 5.69 Å². The van der Waals surface area contributed by atoms with Crippen LogP contribution in [0.2, 0.25) is 0 Å². The van der Waals surface area contributed by atoms with E-state index in [1.807, 2.05) is 0 Å². The number of aryl methyl sites for hydroxylation is 1. The summed E-state index contributed by atoms with van der Waals surface area (Å²) in [4.78, 5) is 26.9. The van der Waals surface area contributed by atoms with E-state index in [1.54, 1.807) is 19.3 Å². The first kappa shape index (κ1) is 17.9. The Morgan fingerprint density at radius 1 is 1.31 bits per heavy atom. The molecule has 0 saturated carbocycles. The van der Waals surface area contributed by atoms with Crippen molar-refractivity contribution in [2.24, 2.45) is 5.14 Å². The molecule has 0 radical (unpaired) electrons. The van der Waals surface area contributed by atoms with Gasteiger partial charge in [0.25, 0.3) is 11.8 Å². The van der Waals surface area contributed by atoms with Crippen molar-refractivity contribution in [3.05, 3.63) is 46.3 Å². The molecule has 2 heterocycles. The molecule has 3 rings (SSSR count). The van der Waals surface area contributed by atoms with Crippen LogP contribution in [0.5, 0.6) is 0 Å². The third kappa shape index (κ3) is 2.90. The van der Waals surface area contributed by atoms with Gasteiger partial charge in [-0.25, -0.2) is 19.0 Å². The zero-order valence-electron chi connectivity index (χ0n) is 13.9. The number of amides is 2. The number of anilines is 1. The fourth-order valence-corrected chi connectivity index (χ4v) is 3.49. The highest BCUT2D eigenvalue weighted by atomic mass is 32.2. The van der Waals surface area contributed by atoms with E-state index >= 15 is 0 Å². The number of nitrogens with one attached hydrogen (secondary N) is 3. The van der Waals surface area contributed by atoms with Gasteiger partial charge in [-0.3, -0.25) is 14.8 Å². The number of hydrogen-bond donors (Lipinski definition) is 5. The Balaban J connectivity index is 2.15. The predicted molar refractivity (Wildman–Crippen MR) is 93.8 cm³/mol. The molecule has 26 heavy (non-hydrogen) atoms. The second-order valence-corrected chi connectivity index (χ2v) is 7.43. The largest absolute Gasteiger partial charge is 0.358 e. The molecule has 0 spiro atoms. The molecule has 2 aromatic rings. The van der Waals surface area contributed by atoms with Crippen LogP contribution in [0.1, 0.15) is 32.9 Å². The second kappa shape index (κ2) is 6.09. The first-order valence-electron chi connectivity index (χ1n) is 7.47. The molecule has 9 nitrogen and oxygen atoms in total. The first-order chi connectivity index (χ1) is 12.1. The van der Waals surface area contributed by atoms with Gasteiger partial charge in [-0.1, -0.05) is 0 Å². The number of nitrogens with two attached hydrogens (primary N) is 1. The van der Waals surface area contributed by atoms with Crippen molar-refractivity contribution in [1.82, 2.24) is 10.5 Å². The molecule has 1 aromatic heterocycles. The van der Waals surface area contributed by atoms with E-state index < -0.39 is 21.8 Å². The molecule has 0 bridgehead atoms. The average molecular weight is 376 g/mol. The maximum absolute atomic E-state index is 12.3. The lowest BCUT2D eigenvalue weighted by molar-refractivity contribution is -0.110. The number of sulfonamides is 1. The van der Waals surface area contributed by atoms with Crippen molar-refractivity contribution < 1.29 is 23.2 Å². The number of benzene rings is 1. The lowest BCUT2D eigenvalue weighted by Crippen LogP contribution is -2.19. The average Bonchev–Trinajstić information content (AvgIpc) is 3.02. The molecule has 10 heteroatoms. The van der Waals surface area contributed by atoms with Crippen molar-refractivity contribution in [3.8, 4) is 0 Å². The molecule has 1 aliphatic heterocycles. The number of aromatic amines is 1. The highest BCUT2D eigenvalue weighted by molar-refractivity contribution is 7.89. The third-order valence-electron chi connectivity index (χ3n) is 4.20. The molecular formula is C16H16N4O5S. The lowest BCUT2D eigenvalue weighted by Gasteiger charge is -2.03. The SMILES string of the molecule is Cc1[nH]c(/C=C2/C(=O)Nc3ccc(S(N)(=O)=O)cc32)c(C)c1C(=O)NO. The highest BCUT2D eigenvalue weighted by Crippen LogP contribution is 2.35. The van der Waals surface area contributed by atoms with Gasteiger partial charge in [0.15, 0.2) is 0 Å². The van der Waals surface area contributed by atoms with E-state index in [0.717, 1.165) is 0 Å². The normalized spacial score (nSPS) is 15.1. The molecule has 6 N–H and O–H groups in total. The van der Waals surface area contributed by atoms with Crippen LogP contribution in [0.25, 0.3) is 11.6 Å². The van der Waals surface area contributed by atoms with Gasteiger partial charge in [0.05, 0.1) is 16.0 Å². The zero-order valence-corrected chi connectivity index (χ0v) is 14.7. The summed E-state index contributed by atoms with van der Waals surface area (Å²) < 4.78 is 23.1. The van der Waals surface area contributed by atoms with E-state index in [1.165, 1.54) is 24.3 Å². The van der Waals surface area contributed by atoms with Gasteiger partial charge in [-0.15, -0.1) is 0 Å². The smallest absolute Gasteiger partial charge is 0.276 e. The minimum absolute atomic E-state index is 0.113. The summed E-state index contributed by atoms with van der Waals surface area (Å²) >= 11 is 0. The van der Waals surface area contributed by atoms with Gasteiger partial charge in [-0.2, -0.15) is 0 Å². The topological polar surface area (TPSA) is 154 Å². The summed E-state index contributed by atoms with van der Waals surface area (Å²) in [6.45, 7) is 3.32. The van der Waals surface area contributed by atoms with Crippen molar-refractivity contribution in [1.29, 1.82) is 0 Å². The zero-order chi connectivity index (χ0) is 19.2. The van der Waals surface area contributed by atoms with E-state index in [4.69, 9.17) is 10.3 Å². The van der Waals surface area contributed by atoms with E-state index in [-0.39, 0.29) is 16.0 Å². The molecule has 1 aromatic carbocycles.